The molecule has 2 aliphatic heterocycles. The Morgan fingerprint density at radius 2 is 1.37 bits per heavy atom. The van der Waals surface area contributed by atoms with Crippen molar-refractivity contribution in [1.82, 2.24) is 25.8 Å². The number of ether oxygens (including phenoxy) is 2. The highest BCUT2D eigenvalue weighted by Gasteiger charge is 2.50. The van der Waals surface area contributed by atoms with Gasteiger partial charge in [-0.15, -0.1) is 0 Å². The van der Waals surface area contributed by atoms with E-state index in [2.05, 4.69) is 16.0 Å². The predicted octanol–water partition coefficient (Wildman–Crippen LogP) is 2.25. The summed E-state index contributed by atoms with van der Waals surface area (Å²) < 4.78 is 10.8. The van der Waals surface area contributed by atoms with E-state index in [1.54, 1.807) is 6.92 Å². The Morgan fingerprint density at radius 3 is 1.93 bits per heavy atom. The summed E-state index contributed by atoms with van der Waals surface area (Å²) in [5.41, 5.74) is 0.793. The van der Waals surface area contributed by atoms with Crippen LogP contribution in [0, 0.1) is 11.8 Å². The highest BCUT2D eigenvalue weighted by molar-refractivity contribution is 5.98. The summed E-state index contributed by atoms with van der Waals surface area (Å²) in [5, 5.41) is 19.4. The lowest BCUT2D eigenvalue weighted by Crippen LogP contribution is -2.60. The molecule has 4 rings (SSSR count). The summed E-state index contributed by atoms with van der Waals surface area (Å²) in [6.07, 6.45) is 1.38. The topological polar surface area (TPSA) is 170 Å². The molecule has 2 aromatic rings. The number of rotatable bonds is 21. The zero-order valence-electron chi connectivity index (χ0n) is 32.4. The van der Waals surface area contributed by atoms with Gasteiger partial charge < -0.3 is 35.4 Å². The number of hydrogen-bond donors (Lipinski definition) is 4. The van der Waals surface area contributed by atoms with Gasteiger partial charge in [-0.3, -0.25) is 28.9 Å². The van der Waals surface area contributed by atoms with Gasteiger partial charge in [-0.1, -0.05) is 88.4 Å². The summed E-state index contributed by atoms with van der Waals surface area (Å²) in [7, 11) is 0. The number of aryl methyl sites for hydroxylation is 1. The molecule has 0 aromatic heterocycles. The van der Waals surface area contributed by atoms with Crippen LogP contribution >= 0.6 is 0 Å². The van der Waals surface area contributed by atoms with E-state index in [0.29, 0.717) is 39.1 Å². The number of epoxide rings is 1. The first-order valence-corrected chi connectivity index (χ1v) is 19.2. The lowest BCUT2D eigenvalue weighted by Gasteiger charge is -2.34. The van der Waals surface area contributed by atoms with Crippen LogP contribution in [0.15, 0.2) is 60.7 Å². The van der Waals surface area contributed by atoms with Gasteiger partial charge in [0, 0.05) is 19.5 Å². The Hall–Kier alpha value is -4.17. The van der Waals surface area contributed by atoms with E-state index < -0.39 is 54.2 Å². The SMILES string of the molecule is CC(C)CC(NC(=O)[C@H](Cc1ccccc1)NC(=O)C(CC(C)C)N(CO)C(=O)[C@H](CCc1ccccc1)NC(=O)CN1CCOCC1)C(=O)[C@@]1(C)CO1. The highest BCUT2D eigenvalue weighted by Crippen LogP contribution is 2.30. The first kappa shape index (κ1) is 42.6. The van der Waals surface area contributed by atoms with Crippen LogP contribution in [0.1, 0.15) is 65.0 Å². The number of Topliss-reactive ketones (excluding diaryl/α,β-unsaturated/α-hetero) is 1. The van der Waals surface area contributed by atoms with Crippen LogP contribution in [0.4, 0.5) is 0 Å². The third kappa shape index (κ3) is 13.0. The summed E-state index contributed by atoms with van der Waals surface area (Å²) in [5.74, 6) is -2.34. The van der Waals surface area contributed by atoms with Crippen LogP contribution in [0.5, 0.6) is 0 Å². The second-order valence-electron chi connectivity index (χ2n) is 15.5. The minimum absolute atomic E-state index is 0.0787. The van der Waals surface area contributed by atoms with Gasteiger partial charge in [-0.2, -0.15) is 0 Å². The van der Waals surface area contributed by atoms with E-state index in [1.807, 2.05) is 93.3 Å². The molecule has 54 heavy (non-hydrogen) atoms. The number of ketones is 1. The molecule has 296 valence electrons. The number of morpholine rings is 1. The van der Waals surface area contributed by atoms with Gasteiger partial charge in [0.25, 0.3) is 0 Å². The number of carbonyl (C=O) groups is 5. The fourth-order valence-corrected chi connectivity index (χ4v) is 6.68. The third-order valence-electron chi connectivity index (χ3n) is 9.83. The maximum atomic E-state index is 14.4. The minimum Gasteiger partial charge on any atom is -0.379 e. The molecule has 2 aliphatic rings. The van der Waals surface area contributed by atoms with Gasteiger partial charge in [0.15, 0.2) is 5.78 Å². The number of nitrogens with zero attached hydrogens (tertiary/aromatic N) is 2. The third-order valence-corrected chi connectivity index (χ3v) is 9.83. The van der Waals surface area contributed by atoms with Crippen molar-refractivity contribution in [1.29, 1.82) is 0 Å². The quantitative estimate of drug-likeness (QED) is 0.111. The van der Waals surface area contributed by atoms with Crippen molar-refractivity contribution in [2.75, 3.05) is 46.2 Å². The zero-order chi connectivity index (χ0) is 39.3. The second kappa shape index (κ2) is 20.5. The van der Waals surface area contributed by atoms with Crippen molar-refractivity contribution >= 4 is 29.4 Å². The molecule has 0 radical (unpaired) electrons. The van der Waals surface area contributed by atoms with E-state index >= 15 is 0 Å². The molecule has 4 amide bonds. The van der Waals surface area contributed by atoms with Crippen molar-refractivity contribution < 1.29 is 38.6 Å². The Balaban J connectivity index is 1.58. The number of carbonyl (C=O) groups excluding carboxylic acids is 5. The van der Waals surface area contributed by atoms with Crippen molar-refractivity contribution in [3.05, 3.63) is 71.8 Å². The van der Waals surface area contributed by atoms with E-state index in [-0.39, 0.29) is 55.9 Å². The van der Waals surface area contributed by atoms with Crippen LogP contribution in [-0.4, -0.2) is 120 Å². The first-order chi connectivity index (χ1) is 25.8. The number of benzene rings is 2. The maximum absolute atomic E-state index is 14.4. The fraction of sp³-hybridized carbons (Fsp3) is 0.585. The molecule has 2 saturated heterocycles. The van der Waals surface area contributed by atoms with Crippen LogP contribution < -0.4 is 16.0 Å². The van der Waals surface area contributed by atoms with Crippen molar-refractivity contribution in [3.8, 4) is 0 Å². The first-order valence-electron chi connectivity index (χ1n) is 19.2. The molecule has 13 nitrogen and oxygen atoms in total. The fourth-order valence-electron chi connectivity index (χ4n) is 6.68. The predicted molar refractivity (Wildman–Crippen MR) is 204 cm³/mol. The minimum atomic E-state index is -1.17. The summed E-state index contributed by atoms with van der Waals surface area (Å²) >= 11 is 0. The molecular formula is C41H59N5O8. The summed E-state index contributed by atoms with van der Waals surface area (Å²) in [6, 6.07) is 14.6. The van der Waals surface area contributed by atoms with Gasteiger partial charge in [-0.05, 0) is 55.6 Å². The molecule has 0 spiro atoms. The molecular weight excluding hydrogens is 690 g/mol. The molecule has 0 bridgehead atoms. The standard InChI is InChI=1S/C41H59N5O8/c1-28(2)22-33(37(49)41(5)26-54-41)43-38(50)34(24-31-14-10-7-11-15-31)44-39(51)35(23-29(3)4)46(27-47)40(52)32(17-16-30-12-8-6-9-13-30)42-36(48)25-45-18-20-53-21-19-45/h6-15,28-29,32-35,47H,16-27H2,1-5H3,(H,42,48)(H,43,50)(H,44,51)/t32-,33?,34-,35?,41+/m0/s1. The Morgan fingerprint density at radius 1 is 0.796 bits per heavy atom. The summed E-state index contributed by atoms with van der Waals surface area (Å²) in [6.45, 7) is 11.2. The van der Waals surface area contributed by atoms with Gasteiger partial charge in [0.2, 0.25) is 23.6 Å². The monoisotopic (exact) mass is 749 g/mol. The lowest BCUT2D eigenvalue weighted by molar-refractivity contribution is -0.149. The van der Waals surface area contributed by atoms with Gasteiger partial charge in [0.1, 0.15) is 30.5 Å². The molecule has 2 fully saturated rings. The van der Waals surface area contributed by atoms with Gasteiger partial charge >= 0.3 is 0 Å². The molecule has 0 saturated carbocycles. The molecule has 2 heterocycles. The normalized spacial score (nSPS) is 19.3. The largest absolute Gasteiger partial charge is 0.379 e. The number of nitrogens with one attached hydrogen (secondary N) is 3. The molecule has 2 aromatic carbocycles. The smallest absolute Gasteiger partial charge is 0.247 e. The molecule has 13 heteroatoms. The lowest BCUT2D eigenvalue weighted by atomic mass is 9.93. The molecule has 0 aliphatic carbocycles. The highest BCUT2D eigenvalue weighted by atomic mass is 16.6. The van der Waals surface area contributed by atoms with Gasteiger partial charge in [0.05, 0.1) is 32.4 Å². The number of hydrogen-bond acceptors (Lipinski definition) is 9. The van der Waals surface area contributed by atoms with Crippen molar-refractivity contribution in [2.24, 2.45) is 11.8 Å². The average Bonchev–Trinajstić information content (AvgIpc) is 3.91. The molecule has 2 unspecified atom stereocenters. The zero-order valence-corrected chi connectivity index (χ0v) is 32.4. The van der Waals surface area contributed by atoms with Crippen LogP contribution in [0.3, 0.4) is 0 Å². The van der Waals surface area contributed by atoms with Crippen LogP contribution in [0.25, 0.3) is 0 Å². The molecule has 5 atom stereocenters. The van der Waals surface area contributed by atoms with Crippen molar-refractivity contribution in [3.63, 3.8) is 0 Å². The maximum Gasteiger partial charge on any atom is 0.247 e. The van der Waals surface area contributed by atoms with Crippen LogP contribution in [0.2, 0.25) is 0 Å². The Labute approximate surface area is 319 Å². The van der Waals surface area contributed by atoms with Gasteiger partial charge in [-0.25, -0.2) is 0 Å². The number of aliphatic hydroxyl groups is 1. The Kier molecular flexibility index (Phi) is 16.2. The van der Waals surface area contributed by atoms with E-state index in [0.717, 1.165) is 16.0 Å². The van der Waals surface area contributed by atoms with E-state index in [4.69, 9.17) is 9.47 Å². The second-order valence-corrected chi connectivity index (χ2v) is 15.5. The number of amides is 4. The molecule has 4 N–H and O–H groups in total. The van der Waals surface area contributed by atoms with E-state index in [9.17, 15) is 29.1 Å². The summed E-state index contributed by atoms with van der Waals surface area (Å²) in [4.78, 5) is 72.5. The van der Waals surface area contributed by atoms with E-state index in [1.165, 1.54) is 0 Å². The average molecular weight is 750 g/mol. The van der Waals surface area contributed by atoms with Crippen LogP contribution in [-0.2, 0) is 46.3 Å². The number of aliphatic hydroxyl groups excluding tert-OH is 1. The van der Waals surface area contributed by atoms with Crippen molar-refractivity contribution in [2.45, 2.75) is 96.5 Å². The Bertz CT molecular complexity index is 1530.